The molecule has 13 heteroatoms. The lowest BCUT2D eigenvalue weighted by atomic mass is 9.88. The van der Waals surface area contributed by atoms with Crippen molar-refractivity contribution < 1.29 is 27.5 Å². The summed E-state index contributed by atoms with van der Waals surface area (Å²) in [5.41, 5.74) is 2.40. The molecular formula is C31H46N6O6S. The maximum absolute atomic E-state index is 13.0. The highest BCUT2D eigenvalue weighted by Crippen LogP contribution is 2.34. The summed E-state index contributed by atoms with van der Waals surface area (Å²) >= 11 is 0. The molecule has 0 spiro atoms. The van der Waals surface area contributed by atoms with E-state index >= 15 is 0 Å². The molecule has 44 heavy (non-hydrogen) atoms. The lowest BCUT2D eigenvalue weighted by Gasteiger charge is -2.33. The first kappa shape index (κ1) is 32.4. The van der Waals surface area contributed by atoms with Crippen molar-refractivity contribution in [1.82, 2.24) is 29.6 Å². The van der Waals surface area contributed by atoms with Crippen molar-refractivity contribution in [2.45, 2.75) is 89.2 Å². The van der Waals surface area contributed by atoms with Gasteiger partial charge in [0, 0.05) is 38.0 Å². The zero-order chi connectivity index (χ0) is 31.6. The minimum atomic E-state index is -3.34. The monoisotopic (exact) mass is 630 g/mol. The number of aryl methyl sites for hydroxylation is 1. The second-order valence-corrected chi connectivity index (χ2v) is 15.5. The van der Waals surface area contributed by atoms with E-state index in [1.165, 1.54) is 5.56 Å². The average molecular weight is 631 g/mol. The Bertz CT molecular complexity index is 1480. The number of rotatable bonds is 8. The van der Waals surface area contributed by atoms with Crippen molar-refractivity contribution in [2.75, 3.05) is 38.5 Å². The maximum atomic E-state index is 13.0. The first-order valence-electron chi connectivity index (χ1n) is 15.8. The average Bonchev–Trinajstić information content (AvgIpc) is 3.28. The van der Waals surface area contributed by atoms with E-state index in [1.54, 1.807) is 4.31 Å². The number of benzene rings is 1. The van der Waals surface area contributed by atoms with Crippen LogP contribution >= 0.6 is 0 Å². The van der Waals surface area contributed by atoms with Crippen molar-refractivity contribution >= 4 is 38.8 Å². The second kappa shape index (κ2) is 13.1. The number of nitrogens with zero attached hydrogens (tertiary/aromatic N) is 4. The Morgan fingerprint density at radius 2 is 1.77 bits per heavy atom. The quantitative estimate of drug-likeness (QED) is 0.424. The van der Waals surface area contributed by atoms with Gasteiger partial charge in [-0.15, -0.1) is 0 Å². The number of likely N-dealkylation sites (tertiary alicyclic amines) is 1. The Morgan fingerprint density at radius 3 is 2.43 bits per heavy atom. The van der Waals surface area contributed by atoms with E-state index in [0.717, 1.165) is 49.1 Å². The van der Waals surface area contributed by atoms with Crippen LogP contribution in [0.4, 0.5) is 4.79 Å². The molecule has 0 radical (unpaired) electrons. The van der Waals surface area contributed by atoms with E-state index in [9.17, 15) is 22.8 Å². The van der Waals surface area contributed by atoms with Crippen LogP contribution in [0.25, 0.3) is 10.9 Å². The molecule has 4 heterocycles. The summed E-state index contributed by atoms with van der Waals surface area (Å²) in [7, 11) is -1.45. The summed E-state index contributed by atoms with van der Waals surface area (Å²) in [6.45, 7) is 8.84. The smallest absolute Gasteiger partial charge is 0.407 e. The number of alkyl carbamates (subject to hydrolysis) is 1. The number of fused-ring (bicyclic) bond motifs is 1. The van der Waals surface area contributed by atoms with Gasteiger partial charge in [0.15, 0.2) is 0 Å². The fourth-order valence-electron chi connectivity index (χ4n) is 6.61. The Hall–Kier alpha value is -3.03. The van der Waals surface area contributed by atoms with Gasteiger partial charge in [0.25, 0.3) is 0 Å². The third kappa shape index (κ3) is 7.78. The molecule has 3 fully saturated rings. The minimum Gasteiger partial charge on any atom is -0.444 e. The van der Waals surface area contributed by atoms with E-state index in [-0.39, 0.29) is 23.6 Å². The number of carbonyl (C=O) groups is 3. The van der Waals surface area contributed by atoms with Crippen LogP contribution < -0.4 is 10.6 Å². The molecule has 0 saturated carbocycles. The van der Waals surface area contributed by atoms with Gasteiger partial charge >= 0.3 is 6.09 Å². The summed E-state index contributed by atoms with van der Waals surface area (Å²) in [6, 6.07) is 6.29. The zero-order valence-corrected chi connectivity index (χ0v) is 27.1. The number of amides is 3. The lowest BCUT2D eigenvalue weighted by Crippen LogP contribution is -2.48. The van der Waals surface area contributed by atoms with Crippen LogP contribution in [0.5, 0.6) is 0 Å². The van der Waals surface area contributed by atoms with Crippen molar-refractivity contribution in [3.05, 3.63) is 29.5 Å². The topological polar surface area (TPSA) is 143 Å². The molecule has 0 aliphatic carbocycles. The predicted molar refractivity (Wildman–Crippen MR) is 167 cm³/mol. The number of hydrogen-bond acceptors (Lipinski definition) is 8. The highest BCUT2D eigenvalue weighted by Gasteiger charge is 2.33. The Kier molecular flexibility index (Phi) is 9.66. The standard InChI is InChI=1S/C31H46N6O6S/c1-31(2,3)43-30(40)32-23-12-17-37(18-13-23)44(41,42)19-5-14-36-15-10-21(11-16-36)22-6-7-24-26(20-22)35(4)34-28(24)25-8-9-27(38)33-29(25)39/h6-7,20-21,23,25H,5,8-19H2,1-4H3,(H,32,40)(H,33,38,39). The van der Waals surface area contributed by atoms with Crippen LogP contribution in [-0.4, -0.2) is 95.4 Å². The van der Waals surface area contributed by atoms with E-state index in [4.69, 9.17) is 4.74 Å². The first-order valence-corrected chi connectivity index (χ1v) is 17.4. The molecule has 0 bridgehead atoms. The van der Waals surface area contributed by atoms with Gasteiger partial charge in [0.2, 0.25) is 21.8 Å². The third-order valence-electron chi connectivity index (χ3n) is 8.98. The summed E-state index contributed by atoms with van der Waals surface area (Å²) < 4.78 is 34.7. The number of nitrogens with one attached hydrogen (secondary N) is 2. The summed E-state index contributed by atoms with van der Waals surface area (Å²) in [6.07, 6.45) is 4.08. The van der Waals surface area contributed by atoms with Crippen LogP contribution in [-0.2, 0) is 31.4 Å². The molecule has 2 N–H and O–H groups in total. The van der Waals surface area contributed by atoms with Crippen molar-refractivity contribution in [3.8, 4) is 0 Å². The summed E-state index contributed by atoms with van der Waals surface area (Å²) in [5.74, 6) is -0.383. The molecule has 242 valence electrons. The van der Waals surface area contributed by atoms with Crippen molar-refractivity contribution in [1.29, 1.82) is 0 Å². The van der Waals surface area contributed by atoms with Gasteiger partial charge in [-0.3, -0.25) is 19.6 Å². The molecule has 1 aromatic carbocycles. The number of ether oxygens (including phenoxy) is 1. The molecule has 1 atom stereocenters. The third-order valence-corrected chi connectivity index (χ3v) is 10.9. The molecule has 3 saturated heterocycles. The highest BCUT2D eigenvalue weighted by atomic mass is 32.2. The summed E-state index contributed by atoms with van der Waals surface area (Å²) in [5, 5.41) is 10.9. The number of carbonyl (C=O) groups excluding carboxylic acids is 3. The predicted octanol–water partition coefficient (Wildman–Crippen LogP) is 2.98. The maximum Gasteiger partial charge on any atom is 0.407 e. The van der Waals surface area contributed by atoms with Crippen LogP contribution in [0, 0.1) is 0 Å². The molecule has 2 aromatic rings. The van der Waals surface area contributed by atoms with Crippen LogP contribution in [0.2, 0.25) is 0 Å². The van der Waals surface area contributed by atoms with Crippen LogP contribution in [0.15, 0.2) is 18.2 Å². The molecule has 1 aromatic heterocycles. The lowest BCUT2D eigenvalue weighted by molar-refractivity contribution is -0.134. The summed E-state index contributed by atoms with van der Waals surface area (Å²) in [4.78, 5) is 38.4. The van der Waals surface area contributed by atoms with Gasteiger partial charge in [-0.2, -0.15) is 5.10 Å². The van der Waals surface area contributed by atoms with Crippen LogP contribution in [0.3, 0.4) is 0 Å². The number of piperidine rings is 3. The zero-order valence-electron chi connectivity index (χ0n) is 26.3. The van der Waals surface area contributed by atoms with E-state index in [1.807, 2.05) is 32.5 Å². The van der Waals surface area contributed by atoms with Gasteiger partial charge in [0.1, 0.15) is 5.60 Å². The molecule has 1 unspecified atom stereocenters. The molecule has 12 nitrogen and oxygen atoms in total. The number of sulfonamides is 1. The fourth-order valence-corrected chi connectivity index (χ4v) is 8.13. The molecule has 3 amide bonds. The second-order valence-electron chi connectivity index (χ2n) is 13.4. The largest absolute Gasteiger partial charge is 0.444 e. The van der Waals surface area contributed by atoms with Gasteiger partial charge < -0.3 is 15.0 Å². The Balaban J connectivity index is 1.07. The number of hydrogen-bond donors (Lipinski definition) is 2. The number of aromatic nitrogens is 2. The Morgan fingerprint density at radius 1 is 1.07 bits per heavy atom. The SMILES string of the molecule is Cn1nc(C2CCC(=O)NC2=O)c2ccc(C3CCN(CCCS(=O)(=O)N4CCC(NC(=O)OC(C)(C)C)CC4)CC3)cc21. The van der Waals surface area contributed by atoms with Gasteiger partial charge in [0.05, 0.1) is 22.9 Å². The van der Waals surface area contributed by atoms with Crippen molar-refractivity contribution in [3.63, 3.8) is 0 Å². The van der Waals surface area contributed by atoms with E-state index in [2.05, 4.69) is 38.8 Å². The number of imide groups is 1. The van der Waals surface area contributed by atoms with Crippen LogP contribution in [0.1, 0.15) is 88.8 Å². The van der Waals surface area contributed by atoms with E-state index in [0.29, 0.717) is 51.1 Å². The molecule has 5 rings (SSSR count). The molecule has 3 aliphatic heterocycles. The van der Waals surface area contributed by atoms with Gasteiger partial charge in [-0.25, -0.2) is 17.5 Å². The van der Waals surface area contributed by atoms with Gasteiger partial charge in [-0.1, -0.05) is 12.1 Å². The molecule has 3 aliphatic rings. The van der Waals surface area contributed by atoms with Gasteiger partial charge in [-0.05, 0) is 96.5 Å². The Labute approximate surface area is 259 Å². The van der Waals surface area contributed by atoms with Crippen molar-refractivity contribution in [2.24, 2.45) is 7.05 Å². The fraction of sp³-hybridized carbons (Fsp3) is 0.677. The highest BCUT2D eigenvalue weighted by molar-refractivity contribution is 7.89. The first-order chi connectivity index (χ1) is 20.8. The normalized spacial score (nSPS) is 21.9. The molecular weight excluding hydrogens is 584 g/mol. The minimum absolute atomic E-state index is 0.0800. The van der Waals surface area contributed by atoms with E-state index < -0.39 is 27.6 Å².